The van der Waals surface area contributed by atoms with Crippen molar-refractivity contribution in [3.8, 4) is 11.5 Å². The van der Waals surface area contributed by atoms with Crippen LogP contribution in [-0.2, 0) is 5.88 Å². The summed E-state index contributed by atoms with van der Waals surface area (Å²) in [7, 11) is 0. The number of alkyl halides is 1. The first-order valence-corrected chi connectivity index (χ1v) is 6.13. The molecule has 0 aromatic heterocycles. The summed E-state index contributed by atoms with van der Waals surface area (Å²) in [5.74, 6) is 2.17. The number of halogens is 1. The minimum absolute atomic E-state index is 0.459. The zero-order valence-corrected chi connectivity index (χ0v) is 10.8. The molecule has 0 atom stereocenters. The number of hydrogen-bond donors (Lipinski definition) is 0. The molecule has 1 nitrogen and oxygen atoms in total. The number of aryl methyl sites for hydroxylation is 2. The van der Waals surface area contributed by atoms with Crippen molar-refractivity contribution in [2.75, 3.05) is 0 Å². The molecule has 0 heterocycles. The number of hydrogen-bond acceptors (Lipinski definition) is 1. The van der Waals surface area contributed by atoms with E-state index < -0.39 is 0 Å². The largest absolute Gasteiger partial charge is 0.457 e. The highest BCUT2D eigenvalue weighted by atomic mass is 35.5. The smallest absolute Gasteiger partial charge is 0.131 e. The number of ether oxygens (including phenoxy) is 1. The molecule has 17 heavy (non-hydrogen) atoms. The van der Waals surface area contributed by atoms with Crippen LogP contribution in [0.5, 0.6) is 11.5 Å². The Kier molecular flexibility index (Phi) is 3.70. The van der Waals surface area contributed by atoms with Crippen molar-refractivity contribution in [2.24, 2.45) is 0 Å². The van der Waals surface area contributed by atoms with E-state index in [9.17, 15) is 0 Å². The molecule has 0 unspecified atom stereocenters. The van der Waals surface area contributed by atoms with E-state index in [-0.39, 0.29) is 0 Å². The zero-order chi connectivity index (χ0) is 12.3. The first-order valence-electron chi connectivity index (χ1n) is 5.59. The highest BCUT2D eigenvalue weighted by Gasteiger charge is 2.05. The minimum Gasteiger partial charge on any atom is -0.457 e. The van der Waals surface area contributed by atoms with E-state index >= 15 is 0 Å². The summed E-state index contributed by atoms with van der Waals surface area (Å²) in [4.78, 5) is 0. The van der Waals surface area contributed by atoms with Gasteiger partial charge in [-0.05, 0) is 31.5 Å². The average molecular weight is 247 g/mol. The van der Waals surface area contributed by atoms with Crippen LogP contribution in [-0.4, -0.2) is 0 Å². The van der Waals surface area contributed by atoms with Gasteiger partial charge in [-0.25, -0.2) is 0 Å². The Morgan fingerprint density at radius 2 is 1.76 bits per heavy atom. The molecule has 0 N–H and O–H groups in total. The fourth-order valence-electron chi connectivity index (χ4n) is 1.75. The van der Waals surface area contributed by atoms with Crippen molar-refractivity contribution in [1.82, 2.24) is 0 Å². The first-order chi connectivity index (χ1) is 8.20. The van der Waals surface area contributed by atoms with Crippen LogP contribution in [0.1, 0.15) is 16.7 Å². The predicted molar refractivity (Wildman–Crippen MR) is 72.0 cm³/mol. The lowest BCUT2D eigenvalue weighted by Crippen LogP contribution is -1.91. The van der Waals surface area contributed by atoms with Crippen LogP contribution >= 0.6 is 11.6 Å². The lowest BCUT2D eigenvalue weighted by Gasteiger charge is -2.11. The molecule has 2 rings (SSSR count). The predicted octanol–water partition coefficient (Wildman–Crippen LogP) is 4.83. The Labute approximate surface area is 107 Å². The van der Waals surface area contributed by atoms with Crippen LogP contribution in [0.25, 0.3) is 0 Å². The van der Waals surface area contributed by atoms with Gasteiger partial charge >= 0.3 is 0 Å². The number of rotatable bonds is 3. The van der Waals surface area contributed by atoms with Crippen molar-refractivity contribution >= 4 is 11.6 Å². The highest BCUT2D eigenvalue weighted by molar-refractivity contribution is 6.17. The fourth-order valence-corrected chi connectivity index (χ4v) is 1.97. The van der Waals surface area contributed by atoms with Gasteiger partial charge in [-0.2, -0.15) is 0 Å². The standard InChI is InChI=1S/C15H15ClO/c1-11-7-8-14(12(2)9-11)17-15-6-4-3-5-13(15)10-16/h3-9H,10H2,1-2H3. The maximum absolute atomic E-state index is 5.90. The summed E-state index contributed by atoms with van der Waals surface area (Å²) < 4.78 is 5.90. The highest BCUT2D eigenvalue weighted by Crippen LogP contribution is 2.29. The maximum Gasteiger partial charge on any atom is 0.131 e. The van der Waals surface area contributed by atoms with Gasteiger partial charge in [0.15, 0.2) is 0 Å². The van der Waals surface area contributed by atoms with Crippen LogP contribution < -0.4 is 4.74 Å². The van der Waals surface area contributed by atoms with Crippen LogP contribution in [0.2, 0.25) is 0 Å². The van der Waals surface area contributed by atoms with Gasteiger partial charge < -0.3 is 4.74 Å². The van der Waals surface area contributed by atoms with Gasteiger partial charge in [0.25, 0.3) is 0 Å². The van der Waals surface area contributed by atoms with Gasteiger partial charge in [0.05, 0.1) is 5.88 Å². The van der Waals surface area contributed by atoms with E-state index in [0.717, 1.165) is 22.6 Å². The monoisotopic (exact) mass is 246 g/mol. The first kappa shape index (κ1) is 12.0. The molecule has 0 saturated carbocycles. The van der Waals surface area contributed by atoms with E-state index in [1.165, 1.54) is 5.56 Å². The summed E-state index contributed by atoms with van der Waals surface area (Å²) in [5.41, 5.74) is 3.38. The second-order valence-corrected chi connectivity index (χ2v) is 4.38. The van der Waals surface area contributed by atoms with E-state index in [4.69, 9.17) is 16.3 Å². The quantitative estimate of drug-likeness (QED) is 0.705. The van der Waals surface area contributed by atoms with E-state index in [1.54, 1.807) is 0 Å². The second-order valence-electron chi connectivity index (χ2n) is 4.11. The minimum atomic E-state index is 0.459. The van der Waals surface area contributed by atoms with Crippen LogP contribution in [0, 0.1) is 13.8 Å². The third kappa shape index (κ3) is 2.80. The van der Waals surface area contributed by atoms with Gasteiger partial charge in [-0.15, -0.1) is 11.6 Å². The molecule has 0 spiro atoms. The zero-order valence-electron chi connectivity index (χ0n) is 10.0. The normalized spacial score (nSPS) is 10.3. The van der Waals surface area contributed by atoms with Gasteiger partial charge in [0.2, 0.25) is 0 Å². The van der Waals surface area contributed by atoms with E-state index in [0.29, 0.717) is 5.88 Å². The molecule has 0 amide bonds. The van der Waals surface area contributed by atoms with Crippen molar-refractivity contribution in [3.05, 3.63) is 59.2 Å². The van der Waals surface area contributed by atoms with Crippen molar-refractivity contribution in [3.63, 3.8) is 0 Å². The van der Waals surface area contributed by atoms with Gasteiger partial charge in [-0.1, -0.05) is 35.9 Å². The van der Waals surface area contributed by atoms with Gasteiger partial charge in [0.1, 0.15) is 11.5 Å². The fraction of sp³-hybridized carbons (Fsp3) is 0.200. The number of para-hydroxylation sites is 1. The van der Waals surface area contributed by atoms with Crippen molar-refractivity contribution in [1.29, 1.82) is 0 Å². The maximum atomic E-state index is 5.90. The average Bonchev–Trinajstić information content (AvgIpc) is 2.33. The summed E-state index contributed by atoms with van der Waals surface area (Å²) in [6.07, 6.45) is 0. The molecule has 2 heteroatoms. The van der Waals surface area contributed by atoms with Gasteiger partial charge in [0, 0.05) is 5.56 Å². The molecule has 0 bridgehead atoms. The van der Waals surface area contributed by atoms with E-state index in [1.807, 2.05) is 43.3 Å². The topological polar surface area (TPSA) is 9.23 Å². The molecular weight excluding hydrogens is 232 g/mol. The second kappa shape index (κ2) is 5.24. The third-order valence-corrected chi connectivity index (χ3v) is 2.95. The lowest BCUT2D eigenvalue weighted by molar-refractivity contribution is 0.474. The molecule has 0 saturated heterocycles. The van der Waals surface area contributed by atoms with Gasteiger partial charge in [-0.3, -0.25) is 0 Å². The molecular formula is C15H15ClO. The number of benzene rings is 2. The summed E-state index contributed by atoms with van der Waals surface area (Å²) in [6, 6.07) is 14.0. The molecule has 0 aliphatic carbocycles. The summed E-state index contributed by atoms with van der Waals surface area (Å²) >= 11 is 5.88. The SMILES string of the molecule is Cc1ccc(Oc2ccccc2CCl)c(C)c1. The Morgan fingerprint density at radius 3 is 2.47 bits per heavy atom. The Hall–Kier alpha value is -1.47. The van der Waals surface area contributed by atoms with Crippen LogP contribution in [0.4, 0.5) is 0 Å². The Balaban J connectivity index is 2.31. The van der Waals surface area contributed by atoms with Crippen molar-refractivity contribution in [2.45, 2.75) is 19.7 Å². The molecule has 88 valence electrons. The van der Waals surface area contributed by atoms with Crippen molar-refractivity contribution < 1.29 is 4.74 Å². The Bertz CT molecular complexity index is 520. The van der Waals surface area contributed by atoms with Crippen LogP contribution in [0.15, 0.2) is 42.5 Å². The summed E-state index contributed by atoms with van der Waals surface area (Å²) in [6.45, 7) is 4.12. The van der Waals surface area contributed by atoms with E-state index in [2.05, 4.69) is 13.0 Å². The Morgan fingerprint density at radius 1 is 1.00 bits per heavy atom. The molecule has 0 aliphatic rings. The molecule has 2 aromatic carbocycles. The third-order valence-electron chi connectivity index (χ3n) is 2.67. The molecule has 0 radical (unpaired) electrons. The van der Waals surface area contributed by atoms with Crippen LogP contribution in [0.3, 0.4) is 0 Å². The lowest BCUT2D eigenvalue weighted by atomic mass is 10.1. The molecule has 0 aliphatic heterocycles. The molecule has 2 aromatic rings. The molecule has 0 fully saturated rings. The summed E-state index contributed by atoms with van der Waals surface area (Å²) in [5, 5.41) is 0.